The first kappa shape index (κ1) is 13.7. The number of nitrogens with one attached hydrogen (secondary N) is 1. The molecule has 18 heavy (non-hydrogen) atoms. The van der Waals surface area contributed by atoms with Gasteiger partial charge in [-0.1, -0.05) is 26.0 Å². The minimum absolute atomic E-state index is 0.173. The fourth-order valence-corrected chi connectivity index (χ4v) is 3.81. The maximum Gasteiger partial charge on any atom is 0.146 e. The van der Waals surface area contributed by atoms with Crippen molar-refractivity contribution in [2.24, 2.45) is 0 Å². The molecule has 1 N–H and O–H groups in total. The van der Waals surface area contributed by atoms with Crippen molar-refractivity contribution >= 4 is 17.4 Å². The lowest BCUT2D eigenvalue weighted by molar-refractivity contribution is 0.281. The Hall–Kier alpha value is -0.740. The van der Waals surface area contributed by atoms with Crippen LogP contribution in [0.3, 0.4) is 0 Å². The molecule has 0 aromatic heterocycles. The van der Waals surface area contributed by atoms with Crippen molar-refractivity contribution in [1.29, 1.82) is 0 Å². The van der Waals surface area contributed by atoms with E-state index in [1.807, 2.05) is 6.07 Å². The number of anilines is 1. The van der Waals surface area contributed by atoms with Gasteiger partial charge in [-0.2, -0.15) is 11.8 Å². The summed E-state index contributed by atoms with van der Waals surface area (Å²) < 4.78 is 13.4. The second-order valence-corrected chi connectivity index (χ2v) is 6.81. The highest BCUT2D eigenvalue weighted by molar-refractivity contribution is 8.00. The number of benzene rings is 1. The predicted octanol–water partition coefficient (Wildman–Crippen LogP) is 3.06. The van der Waals surface area contributed by atoms with Gasteiger partial charge in [0.1, 0.15) is 5.82 Å². The molecule has 1 aliphatic heterocycles. The van der Waals surface area contributed by atoms with Crippen molar-refractivity contribution in [2.75, 3.05) is 31.5 Å². The maximum absolute atomic E-state index is 13.4. The maximum atomic E-state index is 13.4. The van der Waals surface area contributed by atoms with Gasteiger partial charge in [-0.15, -0.1) is 0 Å². The smallest absolute Gasteiger partial charge is 0.146 e. The minimum Gasteiger partial charge on any atom is -0.381 e. The molecule has 0 spiro atoms. The second-order valence-electron chi connectivity index (χ2n) is 4.92. The lowest BCUT2D eigenvalue weighted by Gasteiger charge is -2.34. The quantitative estimate of drug-likeness (QED) is 0.903. The highest BCUT2D eigenvalue weighted by atomic mass is 32.2. The van der Waals surface area contributed by atoms with E-state index in [2.05, 4.69) is 35.8 Å². The van der Waals surface area contributed by atoms with Crippen molar-refractivity contribution in [2.45, 2.75) is 24.3 Å². The monoisotopic (exact) mass is 268 g/mol. The van der Waals surface area contributed by atoms with E-state index in [-0.39, 0.29) is 5.82 Å². The van der Waals surface area contributed by atoms with Crippen LogP contribution in [-0.2, 0) is 0 Å². The zero-order chi connectivity index (χ0) is 13.0. The van der Waals surface area contributed by atoms with Gasteiger partial charge >= 0.3 is 0 Å². The molecule has 2 atom stereocenters. The summed E-state index contributed by atoms with van der Waals surface area (Å²) in [6, 6.07) is 6.84. The van der Waals surface area contributed by atoms with E-state index in [1.165, 1.54) is 6.07 Å². The fourth-order valence-electron chi connectivity index (χ4n) is 2.42. The molecule has 2 nitrogen and oxygen atoms in total. The molecule has 0 aliphatic carbocycles. The standard InChI is InChI=1S/C14H21FN2S/c1-11-9-17(10-12(2)18-11)8-7-16-14-6-4-3-5-13(14)15/h3-6,11-12,16H,7-10H2,1-2H3. The number of halogens is 1. The highest BCUT2D eigenvalue weighted by Gasteiger charge is 2.21. The van der Waals surface area contributed by atoms with Crippen LogP contribution in [0.25, 0.3) is 0 Å². The molecule has 0 saturated carbocycles. The number of nitrogens with zero attached hydrogens (tertiary/aromatic N) is 1. The molecular weight excluding hydrogens is 247 g/mol. The predicted molar refractivity (Wildman–Crippen MR) is 77.8 cm³/mol. The van der Waals surface area contributed by atoms with Crippen LogP contribution in [0, 0.1) is 5.82 Å². The Bertz CT molecular complexity index is 376. The van der Waals surface area contributed by atoms with Crippen LogP contribution in [0.2, 0.25) is 0 Å². The SMILES string of the molecule is CC1CN(CCNc2ccccc2F)CC(C)S1. The van der Waals surface area contributed by atoms with Crippen molar-refractivity contribution in [1.82, 2.24) is 4.90 Å². The molecule has 1 aromatic rings. The largest absolute Gasteiger partial charge is 0.381 e. The molecule has 1 aromatic carbocycles. The van der Waals surface area contributed by atoms with Crippen LogP contribution in [0.4, 0.5) is 10.1 Å². The molecule has 2 rings (SSSR count). The Balaban J connectivity index is 1.77. The van der Waals surface area contributed by atoms with Crippen molar-refractivity contribution in [3.63, 3.8) is 0 Å². The summed E-state index contributed by atoms with van der Waals surface area (Å²) in [5.74, 6) is -0.173. The Morgan fingerprint density at radius 2 is 1.94 bits per heavy atom. The summed E-state index contributed by atoms with van der Waals surface area (Å²) in [6.45, 7) is 8.59. The number of hydrogen-bond acceptors (Lipinski definition) is 3. The third kappa shape index (κ3) is 3.89. The molecule has 1 saturated heterocycles. The third-order valence-corrected chi connectivity index (χ3v) is 4.34. The average molecular weight is 268 g/mol. The van der Waals surface area contributed by atoms with Crippen molar-refractivity contribution in [3.8, 4) is 0 Å². The Morgan fingerprint density at radius 1 is 1.28 bits per heavy atom. The average Bonchev–Trinajstić information content (AvgIpc) is 2.30. The van der Waals surface area contributed by atoms with Crippen molar-refractivity contribution < 1.29 is 4.39 Å². The van der Waals surface area contributed by atoms with E-state index in [0.29, 0.717) is 16.2 Å². The molecule has 4 heteroatoms. The van der Waals surface area contributed by atoms with Gasteiger partial charge in [0.25, 0.3) is 0 Å². The van der Waals surface area contributed by atoms with Gasteiger partial charge in [0.15, 0.2) is 0 Å². The van der Waals surface area contributed by atoms with Gasteiger partial charge in [-0.3, -0.25) is 4.90 Å². The van der Waals surface area contributed by atoms with Gasteiger partial charge in [0, 0.05) is 36.7 Å². The van der Waals surface area contributed by atoms with Gasteiger partial charge in [-0.05, 0) is 12.1 Å². The van der Waals surface area contributed by atoms with Gasteiger partial charge in [-0.25, -0.2) is 4.39 Å². The fraction of sp³-hybridized carbons (Fsp3) is 0.571. The molecule has 1 heterocycles. The van der Waals surface area contributed by atoms with Crippen LogP contribution in [0.5, 0.6) is 0 Å². The molecule has 0 radical (unpaired) electrons. The van der Waals surface area contributed by atoms with E-state index < -0.39 is 0 Å². The summed E-state index contributed by atoms with van der Waals surface area (Å²) in [5, 5.41) is 4.56. The summed E-state index contributed by atoms with van der Waals surface area (Å²) in [6.07, 6.45) is 0. The van der Waals surface area contributed by atoms with E-state index in [1.54, 1.807) is 12.1 Å². The van der Waals surface area contributed by atoms with Gasteiger partial charge in [0.2, 0.25) is 0 Å². The van der Waals surface area contributed by atoms with Crippen LogP contribution in [0.1, 0.15) is 13.8 Å². The summed E-state index contributed by atoms with van der Waals surface area (Å²) >= 11 is 2.06. The Kier molecular flexibility index (Phi) is 4.89. The zero-order valence-electron chi connectivity index (χ0n) is 11.0. The minimum atomic E-state index is -0.173. The molecule has 0 bridgehead atoms. The molecule has 100 valence electrons. The number of thioether (sulfide) groups is 1. The Labute approximate surface area is 113 Å². The lowest BCUT2D eigenvalue weighted by atomic mass is 10.3. The van der Waals surface area contributed by atoms with E-state index in [9.17, 15) is 4.39 Å². The third-order valence-electron chi connectivity index (χ3n) is 3.11. The van der Waals surface area contributed by atoms with E-state index in [0.717, 1.165) is 26.2 Å². The summed E-state index contributed by atoms with van der Waals surface area (Å²) in [5.41, 5.74) is 0.602. The van der Waals surface area contributed by atoms with Crippen LogP contribution in [-0.4, -0.2) is 41.6 Å². The zero-order valence-corrected chi connectivity index (χ0v) is 11.8. The van der Waals surface area contributed by atoms with Crippen molar-refractivity contribution in [3.05, 3.63) is 30.1 Å². The Morgan fingerprint density at radius 3 is 2.61 bits per heavy atom. The summed E-state index contributed by atoms with van der Waals surface area (Å²) in [7, 11) is 0. The first-order chi connectivity index (χ1) is 8.65. The van der Waals surface area contributed by atoms with Gasteiger partial charge in [0.05, 0.1) is 5.69 Å². The van der Waals surface area contributed by atoms with Crippen LogP contribution >= 0.6 is 11.8 Å². The number of para-hydroxylation sites is 1. The first-order valence-corrected chi connectivity index (χ1v) is 7.45. The lowest BCUT2D eigenvalue weighted by Crippen LogP contribution is -2.42. The number of hydrogen-bond donors (Lipinski definition) is 1. The summed E-state index contributed by atoms with van der Waals surface area (Å²) in [4.78, 5) is 2.46. The van der Waals surface area contributed by atoms with E-state index >= 15 is 0 Å². The van der Waals surface area contributed by atoms with Crippen LogP contribution in [0.15, 0.2) is 24.3 Å². The second kappa shape index (κ2) is 6.43. The highest BCUT2D eigenvalue weighted by Crippen LogP contribution is 2.24. The molecule has 1 fully saturated rings. The molecular formula is C14H21FN2S. The van der Waals surface area contributed by atoms with E-state index in [4.69, 9.17) is 0 Å². The van der Waals surface area contributed by atoms with Crippen LogP contribution < -0.4 is 5.32 Å². The molecule has 0 amide bonds. The molecule has 2 unspecified atom stereocenters. The normalized spacial score (nSPS) is 25.1. The van der Waals surface area contributed by atoms with Gasteiger partial charge < -0.3 is 5.32 Å². The first-order valence-electron chi connectivity index (χ1n) is 6.51. The topological polar surface area (TPSA) is 15.3 Å². The molecule has 1 aliphatic rings. The number of rotatable bonds is 4.